The fraction of sp³-hybridized carbons (Fsp3) is 0.179. The molecule has 1 saturated carbocycles. The average Bonchev–Trinajstić information content (AvgIpc) is 3.48. The van der Waals surface area contributed by atoms with Crippen LogP contribution in [0.3, 0.4) is 0 Å². The van der Waals surface area contributed by atoms with E-state index in [2.05, 4.69) is 20.8 Å². The van der Waals surface area contributed by atoms with Crippen LogP contribution in [-0.4, -0.2) is 31.1 Å². The van der Waals surface area contributed by atoms with E-state index >= 15 is 0 Å². The number of anilines is 1. The van der Waals surface area contributed by atoms with Gasteiger partial charge in [0.1, 0.15) is 5.69 Å². The normalized spacial score (nSPS) is 13.0. The molecule has 1 fully saturated rings. The van der Waals surface area contributed by atoms with E-state index in [1.54, 1.807) is 0 Å². The van der Waals surface area contributed by atoms with Crippen molar-refractivity contribution in [3.8, 4) is 34.0 Å². The summed E-state index contributed by atoms with van der Waals surface area (Å²) in [5, 5.41) is 15.1. The molecule has 0 spiro atoms. The van der Waals surface area contributed by atoms with Gasteiger partial charge >= 0.3 is 0 Å². The summed E-state index contributed by atoms with van der Waals surface area (Å²) in [5.41, 5.74) is 4.27. The van der Waals surface area contributed by atoms with Crippen LogP contribution in [0.4, 0.5) is 5.69 Å². The lowest BCUT2D eigenvalue weighted by atomic mass is 10.1. The molecule has 2 aromatic heterocycles. The molecule has 0 aliphatic heterocycles. The standard InChI is InChI=1S/C28H24N6O2/c35-24(29-22-13-7-12-21(18-22)28-31-32-33-34(28)23-14-15-23)16-17-25-30-26(19-8-3-1-4-9-19)27(36-25)20-10-5-2-6-11-20/h1-13,18,23H,14-17H2,(H,29,35). The van der Waals surface area contributed by atoms with Crippen LogP contribution in [0.15, 0.2) is 89.3 Å². The number of carbonyl (C=O) groups excluding carboxylic acids is 1. The number of rotatable bonds is 8. The van der Waals surface area contributed by atoms with Gasteiger partial charge in [0.05, 0.1) is 6.04 Å². The van der Waals surface area contributed by atoms with E-state index in [-0.39, 0.29) is 12.3 Å². The van der Waals surface area contributed by atoms with Crippen molar-refractivity contribution in [1.29, 1.82) is 0 Å². The van der Waals surface area contributed by atoms with Crippen molar-refractivity contribution in [3.63, 3.8) is 0 Å². The van der Waals surface area contributed by atoms with Gasteiger partial charge in [0.25, 0.3) is 0 Å². The summed E-state index contributed by atoms with van der Waals surface area (Å²) in [6, 6.07) is 27.8. The van der Waals surface area contributed by atoms with Crippen molar-refractivity contribution < 1.29 is 9.21 Å². The van der Waals surface area contributed by atoms with Crippen molar-refractivity contribution in [3.05, 3.63) is 90.8 Å². The highest BCUT2D eigenvalue weighted by Crippen LogP contribution is 2.37. The quantitative estimate of drug-likeness (QED) is 0.314. The molecule has 8 heteroatoms. The maximum Gasteiger partial charge on any atom is 0.224 e. The molecule has 178 valence electrons. The second-order valence-electron chi connectivity index (χ2n) is 8.82. The topological polar surface area (TPSA) is 98.7 Å². The zero-order valence-electron chi connectivity index (χ0n) is 19.5. The van der Waals surface area contributed by atoms with Gasteiger partial charge in [-0.25, -0.2) is 9.67 Å². The first-order valence-electron chi connectivity index (χ1n) is 12.0. The van der Waals surface area contributed by atoms with Crippen LogP contribution in [0, 0.1) is 0 Å². The Labute approximate surface area is 208 Å². The number of nitrogens with one attached hydrogen (secondary N) is 1. The van der Waals surface area contributed by atoms with Crippen molar-refractivity contribution in [1.82, 2.24) is 25.2 Å². The van der Waals surface area contributed by atoms with Gasteiger partial charge in [-0.2, -0.15) is 0 Å². The lowest BCUT2D eigenvalue weighted by Gasteiger charge is -2.07. The average molecular weight is 477 g/mol. The van der Waals surface area contributed by atoms with E-state index in [0.29, 0.717) is 29.8 Å². The summed E-state index contributed by atoms with van der Waals surface area (Å²) in [6.45, 7) is 0. The molecule has 0 unspecified atom stereocenters. The monoisotopic (exact) mass is 476 g/mol. The van der Waals surface area contributed by atoms with Crippen LogP contribution >= 0.6 is 0 Å². The number of carbonyl (C=O) groups is 1. The van der Waals surface area contributed by atoms with E-state index in [0.717, 1.165) is 41.1 Å². The predicted octanol–water partition coefficient (Wildman–Crippen LogP) is 5.57. The lowest BCUT2D eigenvalue weighted by Crippen LogP contribution is -2.12. The fourth-order valence-electron chi connectivity index (χ4n) is 4.18. The summed E-state index contributed by atoms with van der Waals surface area (Å²) < 4.78 is 8.01. The third kappa shape index (κ3) is 4.65. The second-order valence-corrected chi connectivity index (χ2v) is 8.82. The number of nitrogens with zero attached hydrogens (tertiary/aromatic N) is 5. The van der Waals surface area contributed by atoms with E-state index in [1.807, 2.05) is 89.6 Å². The first kappa shape index (κ1) is 21.9. The summed E-state index contributed by atoms with van der Waals surface area (Å²) >= 11 is 0. The molecule has 5 aromatic rings. The Balaban J connectivity index is 1.17. The molecule has 0 radical (unpaired) electrons. The van der Waals surface area contributed by atoms with Gasteiger partial charge in [0, 0.05) is 35.2 Å². The smallest absolute Gasteiger partial charge is 0.224 e. The maximum absolute atomic E-state index is 12.8. The highest BCUT2D eigenvalue weighted by Gasteiger charge is 2.28. The number of aromatic nitrogens is 5. The van der Waals surface area contributed by atoms with Crippen LogP contribution < -0.4 is 5.32 Å². The third-order valence-electron chi connectivity index (χ3n) is 6.11. The zero-order valence-corrected chi connectivity index (χ0v) is 19.5. The molecular formula is C28H24N6O2. The molecule has 3 aromatic carbocycles. The first-order chi connectivity index (χ1) is 17.7. The predicted molar refractivity (Wildman–Crippen MR) is 136 cm³/mol. The largest absolute Gasteiger partial charge is 0.440 e. The summed E-state index contributed by atoms with van der Waals surface area (Å²) in [7, 11) is 0. The molecule has 0 bridgehead atoms. The highest BCUT2D eigenvalue weighted by atomic mass is 16.4. The number of amides is 1. The number of oxazole rings is 1. The van der Waals surface area contributed by atoms with Gasteiger partial charge in [-0.3, -0.25) is 4.79 Å². The van der Waals surface area contributed by atoms with E-state index < -0.39 is 0 Å². The minimum atomic E-state index is -0.116. The summed E-state index contributed by atoms with van der Waals surface area (Å²) in [4.78, 5) is 17.5. The number of hydrogen-bond donors (Lipinski definition) is 1. The molecule has 1 aliphatic rings. The van der Waals surface area contributed by atoms with Crippen molar-refractivity contribution in [2.24, 2.45) is 0 Å². The molecule has 0 atom stereocenters. The van der Waals surface area contributed by atoms with Gasteiger partial charge in [-0.05, 0) is 35.4 Å². The van der Waals surface area contributed by atoms with E-state index in [1.165, 1.54) is 0 Å². The molecule has 0 saturated heterocycles. The molecule has 8 nitrogen and oxygen atoms in total. The zero-order chi connectivity index (χ0) is 24.3. The minimum absolute atomic E-state index is 0.116. The van der Waals surface area contributed by atoms with Crippen LogP contribution in [0.5, 0.6) is 0 Å². The van der Waals surface area contributed by atoms with Crippen LogP contribution in [0.1, 0.15) is 31.2 Å². The Bertz CT molecular complexity index is 1430. The number of aryl methyl sites for hydroxylation is 1. The Morgan fingerprint density at radius 3 is 2.39 bits per heavy atom. The van der Waals surface area contributed by atoms with Gasteiger partial charge in [-0.15, -0.1) is 5.10 Å². The molecular weight excluding hydrogens is 452 g/mol. The van der Waals surface area contributed by atoms with Gasteiger partial charge < -0.3 is 9.73 Å². The number of tetrazole rings is 1. The molecule has 36 heavy (non-hydrogen) atoms. The van der Waals surface area contributed by atoms with Crippen molar-refractivity contribution >= 4 is 11.6 Å². The highest BCUT2D eigenvalue weighted by molar-refractivity contribution is 5.91. The molecule has 1 aliphatic carbocycles. The van der Waals surface area contributed by atoms with Crippen LogP contribution in [0.25, 0.3) is 34.0 Å². The summed E-state index contributed by atoms with van der Waals surface area (Å²) in [6.07, 6.45) is 2.81. The molecule has 1 amide bonds. The minimum Gasteiger partial charge on any atom is -0.440 e. The molecule has 6 rings (SSSR count). The van der Waals surface area contributed by atoms with E-state index in [4.69, 9.17) is 9.40 Å². The van der Waals surface area contributed by atoms with Gasteiger partial charge in [0.15, 0.2) is 17.5 Å². The Morgan fingerprint density at radius 2 is 1.64 bits per heavy atom. The van der Waals surface area contributed by atoms with Crippen LogP contribution in [-0.2, 0) is 11.2 Å². The Hall–Kier alpha value is -4.59. The summed E-state index contributed by atoms with van der Waals surface area (Å²) in [5.74, 6) is 1.84. The second kappa shape index (κ2) is 9.58. The molecule has 2 heterocycles. The van der Waals surface area contributed by atoms with Crippen LogP contribution in [0.2, 0.25) is 0 Å². The Kier molecular flexibility index (Phi) is 5.83. The Morgan fingerprint density at radius 1 is 0.917 bits per heavy atom. The third-order valence-corrected chi connectivity index (χ3v) is 6.11. The SMILES string of the molecule is O=C(CCc1nc(-c2ccccc2)c(-c2ccccc2)o1)Nc1cccc(-c2nnnn2C2CC2)c1. The fourth-order valence-corrected chi connectivity index (χ4v) is 4.18. The maximum atomic E-state index is 12.8. The van der Waals surface area contributed by atoms with Gasteiger partial charge in [0.2, 0.25) is 5.91 Å². The van der Waals surface area contributed by atoms with E-state index in [9.17, 15) is 4.79 Å². The lowest BCUT2D eigenvalue weighted by molar-refractivity contribution is -0.116. The number of benzene rings is 3. The van der Waals surface area contributed by atoms with Crippen molar-refractivity contribution in [2.75, 3.05) is 5.32 Å². The van der Waals surface area contributed by atoms with Crippen molar-refractivity contribution in [2.45, 2.75) is 31.7 Å². The molecule has 1 N–H and O–H groups in total. The first-order valence-corrected chi connectivity index (χ1v) is 12.0. The number of hydrogen-bond acceptors (Lipinski definition) is 6. The van der Waals surface area contributed by atoms with Gasteiger partial charge in [-0.1, -0.05) is 72.8 Å².